The van der Waals surface area contributed by atoms with Gasteiger partial charge in [-0.25, -0.2) is 4.79 Å². The van der Waals surface area contributed by atoms with Crippen molar-refractivity contribution >= 4 is 46.3 Å². The highest BCUT2D eigenvalue weighted by Crippen LogP contribution is 2.35. The van der Waals surface area contributed by atoms with Crippen molar-refractivity contribution in [1.82, 2.24) is 4.90 Å². The van der Waals surface area contributed by atoms with Gasteiger partial charge in [-0.1, -0.05) is 50.0 Å². The van der Waals surface area contributed by atoms with Crippen LogP contribution in [0.4, 0.5) is 0 Å². The number of hydrogen-bond acceptors (Lipinski definition) is 5. The van der Waals surface area contributed by atoms with E-state index in [-0.39, 0.29) is 16.1 Å². The Balaban J connectivity index is 2.29. The van der Waals surface area contributed by atoms with Gasteiger partial charge < -0.3 is 9.84 Å². The van der Waals surface area contributed by atoms with Gasteiger partial charge in [-0.3, -0.25) is 9.69 Å². The third kappa shape index (κ3) is 3.73. The number of ether oxygens (including phenoxy) is 1. The van der Waals surface area contributed by atoms with Crippen LogP contribution in [-0.4, -0.2) is 39.4 Å². The Morgan fingerprint density at radius 2 is 1.96 bits per heavy atom. The molecule has 1 aromatic rings. The van der Waals surface area contributed by atoms with E-state index in [2.05, 4.69) is 0 Å². The number of carbonyl (C=O) groups excluding carboxylic acids is 1. The smallest absolute Gasteiger partial charge is 0.327 e. The lowest BCUT2D eigenvalue weighted by Crippen LogP contribution is -2.47. The average molecular weight is 351 g/mol. The molecule has 1 aliphatic rings. The SMILES string of the molecule is COc1ccc(/C=C2\SC(=S)N([C@@H](C(=O)O)C(C)C)C2=O)cc1. The van der Waals surface area contributed by atoms with Crippen molar-refractivity contribution in [2.24, 2.45) is 5.92 Å². The molecular weight excluding hydrogens is 334 g/mol. The lowest BCUT2D eigenvalue weighted by Gasteiger charge is -2.26. The van der Waals surface area contributed by atoms with E-state index in [1.807, 2.05) is 12.1 Å². The molecule has 23 heavy (non-hydrogen) atoms. The quantitative estimate of drug-likeness (QED) is 0.650. The first kappa shape index (κ1) is 17.5. The van der Waals surface area contributed by atoms with Gasteiger partial charge in [-0.05, 0) is 29.7 Å². The Bertz CT molecular complexity index is 667. The highest BCUT2D eigenvalue weighted by Gasteiger charge is 2.41. The summed E-state index contributed by atoms with van der Waals surface area (Å²) in [6, 6.07) is 6.27. The zero-order valence-corrected chi connectivity index (χ0v) is 14.6. The van der Waals surface area contributed by atoms with E-state index in [1.54, 1.807) is 39.2 Å². The number of aliphatic carboxylic acids is 1. The van der Waals surface area contributed by atoms with Crippen LogP contribution in [0.15, 0.2) is 29.2 Å². The Morgan fingerprint density at radius 3 is 2.43 bits per heavy atom. The van der Waals surface area contributed by atoms with E-state index in [1.165, 1.54) is 4.90 Å². The highest BCUT2D eigenvalue weighted by molar-refractivity contribution is 8.26. The van der Waals surface area contributed by atoms with Gasteiger partial charge in [-0.15, -0.1) is 0 Å². The van der Waals surface area contributed by atoms with Crippen molar-refractivity contribution in [2.75, 3.05) is 7.11 Å². The van der Waals surface area contributed by atoms with Crippen molar-refractivity contribution in [3.63, 3.8) is 0 Å². The zero-order valence-electron chi connectivity index (χ0n) is 13.0. The third-order valence-electron chi connectivity index (χ3n) is 3.40. The summed E-state index contributed by atoms with van der Waals surface area (Å²) in [5.74, 6) is -0.935. The molecular formula is C16H17NO4S2. The number of carboxylic acid groups (broad SMARTS) is 1. The van der Waals surface area contributed by atoms with Crippen molar-refractivity contribution in [1.29, 1.82) is 0 Å². The van der Waals surface area contributed by atoms with Crippen LogP contribution in [-0.2, 0) is 9.59 Å². The van der Waals surface area contributed by atoms with Crippen LogP contribution in [0.2, 0.25) is 0 Å². The van der Waals surface area contributed by atoms with Crippen molar-refractivity contribution < 1.29 is 19.4 Å². The number of carboxylic acids is 1. The largest absolute Gasteiger partial charge is 0.497 e. The molecule has 7 heteroatoms. The summed E-state index contributed by atoms with van der Waals surface area (Å²) in [6.45, 7) is 3.51. The Kier molecular flexibility index (Phi) is 5.43. The van der Waals surface area contributed by atoms with Gasteiger partial charge in [-0.2, -0.15) is 0 Å². The van der Waals surface area contributed by atoms with Crippen molar-refractivity contribution in [2.45, 2.75) is 19.9 Å². The lowest BCUT2D eigenvalue weighted by atomic mass is 10.0. The van der Waals surface area contributed by atoms with E-state index in [4.69, 9.17) is 17.0 Å². The van der Waals surface area contributed by atoms with Crippen molar-refractivity contribution in [3.05, 3.63) is 34.7 Å². The molecule has 1 heterocycles. The minimum Gasteiger partial charge on any atom is -0.497 e. The molecule has 1 aromatic carbocycles. The van der Waals surface area contributed by atoms with Crippen LogP contribution in [0.25, 0.3) is 6.08 Å². The fourth-order valence-electron chi connectivity index (χ4n) is 2.26. The molecule has 1 amide bonds. The number of benzene rings is 1. The van der Waals surface area contributed by atoms with Crippen LogP contribution >= 0.6 is 24.0 Å². The normalized spacial score (nSPS) is 17.9. The Hall–Kier alpha value is -1.86. The van der Waals surface area contributed by atoms with Gasteiger partial charge in [0.25, 0.3) is 5.91 Å². The molecule has 0 radical (unpaired) electrons. The molecule has 0 aliphatic carbocycles. The summed E-state index contributed by atoms with van der Waals surface area (Å²) in [4.78, 5) is 25.6. The van der Waals surface area contributed by atoms with Gasteiger partial charge in [0.15, 0.2) is 0 Å². The second-order valence-corrected chi connectivity index (χ2v) is 7.03. The number of methoxy groups -OCH3 is 1. The minimum atomic E-state index is -1.05. The standard InChI is InChI=1S/C16H17NO4S2/c1-9(2)13(15(19)20)17-14(18)12(23-16(17)22)8-10-4-6-11(21-3)7-5-10/h4-9,13H,1-3H3,(H,19,20)/b12-8-/t13-/m1/s1. The molecule has 1 aliphatic heterocycles. The second kappa shape index (κ2) is 7.14. The predicted octanol–water partition coefficient (Wildman–Crippen LogP) is 3.01. The molecule has 2 rings (SSSR count). The van der Waals surface area contributed by atoms with Crippen LogP contribution in [0.1, 0.15) is 19.4 Å². The number of hydrogen-bond donors (Lipinski definition) is 1. The number of carbonyl (C=O) groups is 2. The molecule has 0 spiro atoms. The van der Waals surface area contributed by atoms with Gasteiger partial charge in [0.05, 0.1) is 12.0 Å². The van der Waals surface area contributed by atoms with E-state index >= 15 is 0 Å². The van der Waals surface area contributed by atoms with Crippen LogP contribution in [0.5, 0.6) is 5.75 Å². The summed E-state index contributed by atoms with van der Waals surface area (Å²) in [7, 11) is 1.58. The maximum Gasteiger partial charge on any atom is 0.327 e. The molecule has 0 unspecified atom stereocenters. The summed E-state index contributed by atoms with van der Waals surface area (Å²) in [5, 5.41) is 9.38. The van der Waals surface area contributed by atoms with E-state index in [0.717, 1.165) is 23.1 Å². The van der Waals surface area contributed by atoms with Gasteiger partial charge >= 0.3 is 5.97 Å². The first-order chi connectivity index (χ1) is 10.8. The number of thioether (sulfide) groups is 1. The molecule has 5 nitrogen and oxygen atoms in total. The van der Waals surface area contributed by atoms with E-state index in [9.17, 15) is 14.7 Å². The summed E-state index contributed by atoms with van der Waals surface area (Å²) >= 11 is 6.33. The molecule has 1 fully saturated rings. The summed E-state index contributed by atoms with van der Waals surface area (Å²) in [5.41, 5.74) is 0.822. The summed E-state index contributed by atoms with van der Waals surface area (Å²) < 4.78 is 5.37. The minimum absolute atomic E-state index is 0.240. The molecule has 1 saturated heterocycles. The lowest BCUT2D eigenvalue weighted by molar-refractivity contribution is -0.146. The van der Waals surface area contributed by atoms with Gasteiger partial charge in [0.2, 0.25) is 0 Å². The fraction of sp³-hybridized carbons (Fsp3) is 0.312. The van der Waals surface area contributed by atoms with E-state index in [0.29, 0.717) is 4.91 Å². The molecule has 0 aromatic heterocycles. The molecule has 122 valence electrons. The van der Waals surface area contributed by atoms with Gasteiger partial charge in [0.1, 0.15) is 16.1 Å². The van der Waals surface area contributed by atoms with Crippen LogP contribution in [0, 0.1) is 5.92 Å². The van der Waals surface area contributed by atoms with Gasteiger partial charge in [0, 0.05) is 0 Å². The number of rotatable bonds is 5. The van der Waals surface area contributed by atoms with Crippen LogP contribution < -0.4 is 4.74 Å². The number of amides is 1. The maximum atomic E-state index is 12.6. The molecule has 0 saturated carbocycles. The molecule has 1 atom stereocenters. The molecule has 1 N–H and O–H groups in total. The maximum absolute atomic E-state index is 12.6. The first-order valence-corrected chi connectivity index (χ1v) is 8.21. The number of thiocarbonyl (C=S) groups is 1. The van der Waals surface area contributed by atoms with Crippen LogP contribution in [0.3, 0.4) is 0 Å². The predicted molar refractivity (Wildman–Crippen MR) is 94.3 cm³/mol. The third-order valence-corrected chi connectivity index (χ3v) is 4.73. The summed E-state index contributed by atoms with van der Waals surface area (Å²) in [6.07, 6.45) is 1.71. The highest BCUT2D eigenvalue weighted by atomic mass is 32.2. The Labute approximate surface area is 144 Å². The monoisotopic (exact) mass is 351 g/mol. The number of nitrogens with zero attached hydrogens (tertiary/aromatic N) is 1. The Morgan fingerprint density at radius 1 is 1.35 bits per heavy atom. The van der Waals surface area contributed by atoms with E-state index < -0.39 is 12.0 Å². The second-order valence-electron chi connectivity index (χ2n) is 5.35. The topological polar surface area (TPSA) is 66.8 Å². The average Bonchev–Trinajstić information content (AvgIpc) is 2.75. The fourth-order valence-corrected chi connectivity index (χ4v) is 3.59. The van der Waals surface area contributed by atoms with Crippen molar-refractivity contribution in [3.8, 4) is 5.75 Å². The molecule has 0 bridgehead atoms. The zero-order chi connectivity index (χ0) is 17.1. The first-order valence-electron chi connectivity index (χ1n) is 6.99.